The Morgan fingerprint density at radius 2 is 1.83 bits per heavy atom. The van der Waals surface area contributed by atoms with Crippen LogP contribution in [0.5, 0.6) is 0 Å². The summed E-state index contributed by atoms with van der Waals surface area (Å²) in [5.74, 6) is 0.409. The minimum atomic E-state index is -3.40. The second-order valence-electron chi connectivity index (χ2n) is 5.91. The molecule has 1 saturated heterocycles. The highest BCUT2D eigenvalue weighted by atomic mass is 35.5. The van der Waals surface area contributed by atoms with Gasteiger partial charge in [-0.3, -0.25) is 0 Å². The summed E-state index contributed by atoms with van der Waals surface area (Å²) in [4.78, 5) is 0. The number of sulfonamides is 1. The van der Waals surface area contributed by atoms with Crippen molar-refractivity contribution in [3.8, 4) is 0 Å². The van der Waals surface area contributed by atoms with Crippen LogP contribution in [0, 0.1) is 5.92 Å². The number of hydrogen-bond donors (Lipinski definition) is 0. The van der Waals surface area contributed by atoms with Crippen molar-refractivity contribution >= 4 is 33.0 Å². The third-order valence-corrected chi connectivity index (χ3v) is 7.78. The Hall–Kier alpha value is -0.920. The summed E-state index contributed by atoms with van der Waals surface area (Å²) in [6, 6.07) is 13.3. The average Bonchev–Trinajstić information content (AvgIpc) is 3.04. The van der Waals surface area contributed by atoms with Gasteiger partial charge in [0.15, 0.2) is 0 Å². The van der Waals surface area contributed by atoms with Gasteiger partial charge in [0, 0.05) is 19.7 Å². The fourth-order valence-corrected chi connectivity index (χ4v) is 5.90. The zero-order chi connectivity index (χ0) is 17.0. The van der Waals surface area contributed by atoms with Crippen molar-refractivity contribution in [3.05, 3.63) is 52.4 Å². The van der Waals surface area contributed by atoms with Crippen LogP contribution in [0.15, 0.2) is 46.7 Å². The van der Waals surface area contributed by atoms with Crippen LogP contribution in [0.3, 0.4) is 0 Å². The van der Waals surface area contributed by atoms with E-state index < -0.39 is 10.0 Å². The molecule has 0 bridgehead atoms. The van der Waals surface area contributed by atoms with Gasteiger partial charge in [-0.05, 0) is 36.5 Å². The molecule has 0 atom stereocenters. The van der Waals surface area contributed by atoms with Gasteiger partial charge in [-0.15, -0.1) is 11.3 Å². The van der Waals surface area contributed by atoms with Crippen molar-refractivity contribution in [2.24, 2.45) is 5.92 Å². The Kier molecular flexibility index (Phi) is 5.94. The van der Waals surface area contributed by atoms with E-state index in [2.05, 4.69) is 0 Å². The van der Waals surface area contributed by atoms with Crippen LogP contribution >= 0.6 is 22.9 Å². The monoisotopic (exact) mass is 385 g/mol. The summed E-state index contributed by atoms with van der Waals surface area (Å²) in [6.07, 6.45) is 1.65. The summed E-state index contributed by atoms with van der Waals surface area (Å²) in [6.45, 7) is 2.36. The van der Waals surface area contributed by atoms with E-state index in [1.807, 2.05) is 30.3 Å². The summed E-state index contributed by atoms with van der Waals surface area (Å²) in [7, 11) is -3.40. The standard InChI is InChI=1S/C17H20ClNO3S2/c18-16-6-7-17(23-16)24(20,21)19-10-8-15(9-11-19)13-22-12-14-4-2-1-3-5-14/h1-7,15H,8-13H2. The molecule has 0 unspecified atom stereocenters. The molecule has 4 nitrogen and oxygen atoms in total. The number of ether oxygens (including phenoxy) is 1. The predicted octanol–water partition coefficient (Wildman–Crippen LogP) is 4.02. The van der Waals surface area contributed by atoms with Crippen LogP contribution in [0.1, 0.15) is 18.4 Å². The molecule has 0 amide bonds. The number of benzene rings is 1. The molecule has 130 valence electrons. The number of nitrogens with zero attached hydrogens (tertiary/aromatic N) is 1. The molecule has 0 aliphatic carbocycles. The topological polar surface area (TPSA) is 46.6 Å². The van der Waals surface area contributed by atoms with Crippen LogP contribution in [-0.2, 0) is 21.4 Å². The van der Waals surface area contributed by atoms with Crippen molar-refractivity contribution in [3.63, 3.8) is 0 Å². The summed E-state index contributed by atoms with van der Waals surface area (Å²) < 4.78 is 33.3. The maximum atomic E-state index is 12.6. The van der Waals surface area contributed by atoms with Gasteiger partial charge in [0.05, 0.1) is 10.9 Å². The third kappa shape index (κ3) is 4.37. The maximum absolute atomic E-state index is 12.6. The van der Waals surface area contributed by atoms with E-state index in [1.54, 1.807) is 16.4 Å². The minimum absolute atomic E-state index is 0.325. The number of piperidine rings is 1. The van der Waals surface area contributed by atoms with E-state index in [9.17, 15) is 8.42 Å². The highest BCUT2D eigenvalue weighted by Gasteiger charge is 2.30. The van der Waals surface area contributed by atoms with Gasteiger partial charge in [-0.2, -0.15) is 4.31 Å². The lowest BCUT2D eigenvalue weighted by Gasteiger charge is -2.30. The van der Waals surface area contributed by atoms with Crippen molar-refractivity contribution in [1.82, 2.24) is 4.31 Å². The molecule has 3 rings (SSSR count). The first-order chi connectivity index (χ1) is 11.6. The van der Waals surface area contributed by atoms with Gasteiger partial charge in [0.1, 0.15) is 4.21 Å². The fraction of sp³-hybridized carbons (Fsp3) is 0.412. The number of halogens is 1. The molecule has 0 spiro atoms. The van der Waals surface area contributed by atoms with Crippen LogP contribution in [0.25, 0.3) is 0 Å². The van der Waals surface area contributed by atoms with E-state index in [1.165, 1.54) is 0 Å². The Balaban J connectivity index is 1.47. The minimum Gasteiger partial charge on any atom is -0.376 e. The number of thiophene rings is 1. The molecule has 0 saturated carbocycles. The first kappa shape index (κ1) is 17.9. The smallest absolute Gasteiger partial charge is 0.252 e. The van der Waals surface area contributed by atoms with Gasteiger partial charge in [-0.1, -0.05) is 41.9 Å². The van der Waals surface area contributed by atoms with Gasteiger partial charge in [-0.25, -0.2) is 8.42 Å². The average molecular weight is 386 g/mol. The van der Waals surface area contributed by atoms with Gasteiger partial charge in [0.25, 0.3) is 10.0 Å². The lowest BCUT2D eigenvalue weighted by Crippen LogP contribution is -2.39. The van der Waals surface area contributed by atoms with E-state index >= 15 is 0 Å². The normalized spacial score (nSPS) is 17.2. The van der Waals surface area contributed by atoms with Gasteiger partial charge >= 0.3 is 0 Å². The molecule has 1 fully saturated rings. The van der Waals surface area contributed by atoms with E-state index in [0.717, 1.165) is 29.7 Å². The Morgan fingerprint density at radius 1 is 1.12 bits per heavy atom. The van der Waals surface area contributed by atoms with Crippen molar-refractivity contribution in [1.29, 1.82) is 0 Å². The highest BCUT2D eigenvalue weighted by molar-refractivity contribution is 7.91. The quantitative estimate of drug-likeness (QED) is 0.754. The second-order valence-corrected chi connectivity index (χ2v) is 9.79. The van der Waals surface area contributed by atoms with E-state index in [0.29, 0.717) is 40.8 Å². The highest BCUT2D eigenvalue weighted by Crippen LogP contribution is 2.30. The largest absolute Gasteiger partial charge is 0.376 e. The maximum Gasteiger partial charge on any atom is 0.252 e. The molecule has 1 aliphatic heterocycles. The predicted molar refractivity (Wildman–Crippen MR) is 96.9 cm³/mol. The lowest BCUT2D eigenvalue weighted by molar-refractivity contribution is 0.0688. The molecule has 2 aromatic rings. The molecule has 1 aromatic heterocycles. The van der Waals surface area contributed by atoms with Crippen molar-refractivity contribution in [2.75, 3.05) is 19.7 Å². The molecular weight excluding hydrogens is 366 g/mol. The molecule has 24 heavy (non-hydrogen) atoms. The molecule has 7 heteroatoms. The second kappa shape index (κ2) is 7.97. The van der Waals surface area contributed by atoms with Crippen molar-refractivity contribution in [2.45, 2.75) is 23.7 Å². The van der Waals surface area contributed by atoms with Gasteiger partial charge < -0.3 is 4.74 Å². The van der Waals surface area contributed by atoms with Crippen LogP contribution < -0.4 is 0 Å². The van der Waals surface area contributed by atoms with Crippen LogP contribution in [-0.4, -0.2) is 32.4 Å². The van der Waals surface area contributed by atoms with Crippen LogP contribution in [0.4, 0.5) is 0 Å². The van der Waals surface area contributed by atoms with Gasteiger partial charge in [0.2, 0.25) is 0 Å². The molecule has 1 aliphatic rings. The molecular formula is C17H20ClNO3S2. The molecule has 1 aromatic carbocycles. The fourth-order valence-electron chi connectivity index (χ4n) is 2.80. The first-order valence-electron chi connectivity index (χ1n) is 7.93. The Bertz CT molecular complexity index is 753. The summed E-state index contributed by atoms with van der Waals surface area (Å²) in [5, 5.41) is 0. The third-order valence-electron chi connectivity index (χ3n) is 4.18. The zero-order valence-electron chi connectivity index (χ0n) is 13.2. The zero-order valence-corrected chi connectivity index (χ0v) is 15.6. The van der Waals surface area contributed by atoms with Crippen molar-refractivity contribution < 1.29 is 13.2 Å². The molecule has 2 heterocycles. The lowest BCUT2D eigenvalue weighted by atomic mass is 9.99. The SMILES string of the molecule is O=S(=O)(c1ccc(Cl)s1)N1CCC(COCc2ccccc2)CC1. The first-order valence-corrected chi connectivity index (χ1v) is 10.6. The van der Waals surface area contributed by atoms with E-state index in [-0.39, 0.29) is 0 Å². The summed E-state index contributed by atoms with van der Waals surface area (Å²) >= 11 is 6.97. The summed E-state index contributed by atoms with van der Waals surface area (Å²) in [5.41, 5.74) is 1.16. The Morgan fingerprint density at radius 3 is 2.46 bits per heavy atom. The van der Waals surface area contributed by atoms with E-state index in [4.69, 9.17) is 16.3 Å². The number of rotatable bonds is 6. The molecule has 0 radical (unpaired) electrons. The number of hydrogen-bond acceptors (Lipinski definition) is 4. The van der Waals surface area contributed by atoms with Crippen LogP contribution in [0.2, 0.25) is 4.34 Å². The Labute approximate surface area is 152 Å². The molecule has 0 N–H and O–H groups in total.